The third kappa shape index (κ3) is 2.10. The first kappa shape index (κ1) is 12.3. The maximum absolute atomic E-state index is 11.3. The number of hydrogen-bond acceptors (Lipinski definition) is 4. The number of rotatable bonds is 1. The minimum absolute atomic E-state index is 0.138. The Bertz CT molecular complexity index is 545. The van der Waals surface area contributed by atoms with Crippen molar-refractivity contribution in [1.82, 2.24) is 4.72 Å². The van der Waals surface area contributed by atoms with Crippen molar-refractivity contribution in [3.63, 3.8) is 0 Å². The molecule has 0 saturated heterocycles. The lowest BCUT2D eigenvalue weighted by atomic mass is 10.1. The number of nitrogens with two attached hydrogens (primary N) is 1. The number of fused-ring (bicyclic) bond motifs is 1. The predicted octanol–water partition coefficient (Wildman–Crippen LogP) is 1.47. The average molecular weight is 278 g/mol. The van der Waals surface area contributed by atoms with Crippen LogP contribution in [0.5, 0.6) is 0 Å². The fourth-order valence-corrected chi connectivity index (χ4v) is 6.06. The predicted molar refractivity (Wildman–Crippen MR) is 69.7 cm³/mol. The van der Waals surface area contributed by atoms with Crippen LogP contribution in [0.4, 0.5) is 0 Å². The molecule has 2 atom stereocenters. The number of sulfonamides is 1. The summed E-state index contributed by atoms with van der Waals surface area (Å²) in [6, 6.07) is 1.73. The smallest absolute Gasteiger partial charge is 0.247 e. The van der Waals surface area contributed by atoms with Gasteiger partial charge in [0.1, 0.15) is 4.21 Å². The van der Waals surface area contributed by atoms with E-state index in [1.54, 1.807) is 6.07 Å². The number of nitrogens with one attached hydrogen (secondary N) is 1. The minimum Gasteiger partial charge on any atom is -0.265 e. The Balaban J connectivity index is 2.61. The Kier molecular flexibility index (Phi) is 3.24. The molecule has 0 aliphatic carbocycles. The van der Waals surface area contributed by atoms with Crippen molar-refractivity contribution in [3.8, 4) is 0 Å². The van der Waals surface area contributed by atoms with Crippen molar-refractivity contribution in [3.05, 3.63) is 11.6 Å². The summed E-state index contributed by atoms with van der Waals surface area (Å²) < 4.78 is 27.4. The molecule has 0 radical (unpaired) electrons. The third-order valence-corrected chi connectivity index (χ3v) is 7.23. The molecule has 1 aromatic rings. The van der Waals surface area contributed by atoms with Crippen LogP contribution in [0, 0.1) is 0 Å². The summed E-state index contributed by atoms with van der Waals surface area (Å²) in [5.41, 5.74) is 1.12. The highest BCUT2D eigenvalue weighted by Gasteiger charge is 2.25. The van der Waals surface area contributed by atoms with E-state index in [9.17, 15) is 8.42 Å². The molecular weight excluding hydrogens is 264 g/mol. The van der Waals surface area contributed by atoms with Crippen LogP contribution in [0.1, 0.15) is 25.3 Å². The molecule has 2 rings (SSSR count). The molecule has 0 amide bonds. The van der Waals surface area contributed by atoms with Crippen LogP contribution < -0.4 is 9.86 Å². The largest absolute Gasteiger partial charge is 0.265 e. The highest BCUT2D eigenvalue weighted by Crippen LogP contribution is 2.42. The van der Waals surface area contributed by atoms with Crippen LogP contribution in [-0.4, -0.2) is 20.3 Å². The zero-order valence-corrected chi connectivity index (χ0v) is 11.5. The summed E-state index contributed by atoms with van der Waals surface area (Å²) in [5, 5.41) is 7.22. The second kappa shape index (κ2) is 4.23. The van der Waals surface area contributed by atoms with E-state index in [1.165, 1.54) is 11.3 Å². The molecule has 1 unspecified atom stereocenters. The summed E-state index contributed by atoms with van der Waals surface area (Å²) >= 11 is 1.28. The van der Waals surface area contributed by atoms with Crippen molar-refractivity contribution in [2.75, 3.05) is 6.54 Å². The van der Waals surface area contributed by atoms with E-state index in [0.29, 0.717) is 5.92 Å². The Labute approximate surface area is 102 Å². The monoisotopic (exact) mass is 278 g/mol. The van der Waals surface area contributed by atoms with Crippen LogP contribution in [-0.2, 0) is 10.0 Å². The summed E-state index contributed by atoms with van der Waals surface area (Å²) in [6.07, 6.45) is 0. The van der Waals surface area contributed by atoms with E-state index < -0.39 is 10.0 Å². The quantitative estimate of drug-likeness (QED) is 0.764. The van der Waals surface area contributed by atoms with Crippen molar-refractivity contribution in [1.29, 1.82) is 0 Å². The van der Waals surface area contributed by atoms with Crippen molar-refractivity contribution >= 4 is 37.4 Å². The van der Waals surface area contributed by atoms with Crippen LogP contribution in [0.2, 0.25) is 0 Å². The lowest BCUT2D eigenvalue weighted by Gasteiger charge is -2.22. The first-order valence-electron chi connectivity index (χ1n) is 4.86. The molecule has 2 heterocycles. The van der Waals surface area contributed by atoms with Gasteiger partial charge in [0, 0.05) is 6.54 Å². The summed E-state index contributed by atoms with van der Waals surface area (Å²) in [7, 11) is -3.71. The fourth-order valence-electron chi connectivity index (χ4n) is 1.60. The molecular formula is C9H14N2O2S3. The number of primary sulfonamides is 1. The lowest BCUT2D eigenvalue weighted by Crippen LogP contribution is -2.20. The molecule has 4 nitrogen and oxygen atoms in total. The second-order valence-electron chi connectivity index (χ2n) is 3.68. The standard InChI is InChI=1S/C9H14N2O2S3/c1-3-15-9-7(6(2)5-11-15)4-8(14-9)16(10,12)13/h3-4,6,11H,5H2,1-2H3,(H2,10,12,13)/t6-,15?/m0/s1. The Morgan fingerprint density at radius 1 is 1.69 bits per heavy atom. The molecule has 1 aliphatic heterocycles. The Hall–Kier alpha value is -0.210. The van der Waals surface area contributed by atoms with E-state index in [4.69, 9.17) is 5.14 Å². The molecule has 0 aromatic carbocycles. The molecule has 7 heteroatoms. The first-order chi connectivity index (χ1) is 7.43. The highest BCUT2D eigenvalue weighted by molar-refractivity contribution is 8.14. The Morgan fingerprint density at radius 3 is 2.94 bits per heavy atom. The topological polar surface area (TPSA) is 72.2 Å². The molecule has 0 fully saturated rings. The van der Waals surface area contributed by atoms with Crippen LogP contribution >= 0.6 is 22.0 Å². The molecule has 16 heavy (non-hydrogen) atoms. The average Bonchev–Trinajstić information content (AvgIpc) is 2.63. The minimum atomic E-state index is -3.57. The SMILES string of the molecule is C/C=S1/NC[C@H](C)c2cc(S(N)(=O)=O)sc21. The van der Waals surface area contributed by atoms with Gasteiger partial charge < -0.3 is 0 Å². The van der Waals surface area contributed by atoms with Gasteiger partial charge in [-0.3, -0.25) is 4.72 Å². The zero-order valence-electron chi connectivity index (χ0n) is 9.06. The molecule has 0 bridgehead atoms. The normalized spacial score (nSPS) is 25.7. The van der Waals surface area contributed by atoms with Crippen molar-refractivity contribution < 1.29 is 8.42 Å². The molecule has 0 saturated carbocycles. The van der Waals surface area contributed by atoms with Crippen LogP contribution in [0.15, 0.2) is 14.5 Å². The van der Waals surface area contributed by atoms with Gasteiger partial charge in [0.25, 0.3) is 0 Å². The summed E-state index contributed by atoms with van der Waals surface area (Å²) in [5.74, 6) is 0.338. The summed E-state index contributed by atoms with van der Waals surface area (Å²) in [6.45, 7) is 4.94. The summed E-state index contributed by atoms with van der Waals surface area (Å²) in [4.78, 5) is 0. The second-order valence-corrected chi connectivity index (χ2v) is 8.62. The number of hydrogen-bond donors (Lipinski definition) is 2. The van der Waals surface area contributed by atoms with E-state index in [0.717, 1.165) is 16.3 Å². The van der Waals surface area contributed by atoms with Crippen LogP contribution in [0.25, 0.3) is 0 Å². The van der Waals surface area contributed by atoms with Gasteiger partial charge >= 0.3 is 0 Å². The van der Waals surface area contributed by atoms with Gasteiger partial charge in [0.2, 0.25) is 10.0 Å². The van der Waals surface area contributed by atoms with Gasteiger partial charge in [-0.15, -0.1) is 11.3 Å². The maximum atomic E-state index is 11.3. The van der Waals surface area contributed by atoms with Gasteiger partial charge in [-0.2, -0.15) is 0 Å². The molecule has 3 N–H and O–H groups in total. The van der Waals surface area contributed by atoms with E-state index >= 15 is 0 Å². The van der Waals surface area contributed by atoms with Crippen LogP contribution in [0.3, 0.4) is 0 Å². The van der Waals surface area contributed by atoms with Crippen molar-refractivity contribution in [2.24, 2.45) is 5.14 Å². The highest BCUT2D eigenvalue weighted by atomic mass is 32.3. The van der Waals surface area contributed by atoms with E-state index in [-0.39, 0.29) is 14.9 Å². The molecule has 1 aliphatic rings. The van der Waals surface area contributed by atoms with Gasteiger partial charge in [0.05, 0.1) is 4.21 Å². The van der Waals surface area contributed by atoms with E-state index in [2.05, 4.69) is 17.0 Å². The lowest BCUT2D eigenvalue weighted by molar-refractivity contribution is 0.599. The first-order valence-corrected chi connectivity index (χ1v) is 8.51. The molecule has 1 aromatic heterocycles. The maximum Gasteiger partial charge on any atom is 0.247 e. The fraction of sp³-hybridized carbons (Fsp3) is 0.444. The third-order valence-electron chi connectivity index (χ3n) is 2.49. The van der Waals surface area contributed by atoms with Gasteiger partial charge in [-0.05, 0) is 29.8 Å². The zero-order chi connectivity index (χ0) is 11.9. The van der Waals surface area contributed by atoms with E-state index in [1.807, 2.05) is 6.92 Å². The van der Waals surface area contributed by atoms with Gasteiger partial charge in [-0.1, -0.05) is 17.6 Å². The molecule has 90 valence electrons. The Morgan fingerprint density at radius 2 is 2.38 bits per heavy atom. The van der Waals surface area contributed by atoms with Gasteiger partial charge in [-0.25, -0.2) is 13.6 Å². The van der Waals surface area contributed by atoms with Crippen molar-refractivity contribution in [2.45, 2.75) is 28.2 Å². The van der Waals surface area contributed by atoms with Gasteiger partial charge in [0.15, 0.2) is 0 Å². The number of thiophene rings is 1. The molecule has 0 spiro atoms.